The van der Waals surface area contributed by atoms with Gasteiger partial charge in [-0.2, -0.15) is 0 Å². The van der Waals surface area contributed by atoms with Crippen molar-refractivity contribution in [2.24, 2.45) is 0 Å². The molecule has 0 bridgehead atoms. The van der Waals surface area contributed by atoms with Gasteiger partial charge in [-0.1, -0.05) is 48.5 Å². The Bertz CT molecular complexity index is 769. The molecule has 1 N–H and O–H groups in total. The van der Waals surface area contributed by atoms with Crippen molar-refractivity contribution >= 4 is 17.8 Å². The Balaban J connectivity index is 1.74. The Morgan fingerprint density at radius 2 is 1.56 bits per heavy atom. The third-order valence-corrected chi connectivity index (χ3v) is 3.77. The lowest BCUT2D eigenvalue weighted by Gasteiger charge is -2.07. The first-order valence-electron chi connectivity index (χ1n) is 8.02. The molecule has 0 fully saturated rings. The Kier molecular flexibility index (Phi) is 6.46. The van der Waals surface area contributed by atoms with Crippen LogP contribution in [0.15, 0.2) is 48.5 Å². The fraction of sp³-hybridized carbons (Fsp3) is 0.250. The van der Waals surface area contributed by atoms with Crippen molar-refractivity contribution in [3.63, 3.8) is 0 Å². The molecule has 5 nitrogen and oxygen atoms in total. The second-order valence-corrected chi connectivity index (χ2v) is 5.89. The number of hydrogen-bond donors (Lipinski definition) is 1. The molecule has 0 aliphatic carbocycles. The van der Waals surface area contributed by atoms with Gasteiger partial charge in [0.2, 0.25) is 5.91 Å². The van der Waals surface area contributed by atoms with Crippen LogP contribution in [0.2, 0.25) is 0 Å². The van der Waals surface area contributed by atoms with Crippen LogP contribution in [0.25, 0.3) is 0 Å². The lowest BCUT2D eigenvalue weighted by molar-refractivity contribution is -0.149. The average molecular weight is 339 g/mol. The molecule has 5 heteroatoms. The fourth-order valence-corrected chi connectivity index (χ4v) is 2.29. The van der Waals surface area contributed by atoms with Gasteiger partial charge in [0.15, 0.2) is 6.61 Å². The number of nitrogens with one attached hydrogen (secondary N) is 1. The van der Waals surface area contributed by atoms with Crippen LogP contribution >= 0.6 is 0 Å². The number of carbonyl (C=O) groups excluding carboxylic acids is 3. The standard InChI is InChI=1S/C20H21NO4/c1-14-8-9-17(10-15(14)2)12-20(24)25-13-19(23)21-18(22)11-16-6-4-3-5-7-16/h3-10H,11-13H2,1-2H3,(H,21,22,23). The molecule has 0 saturated carbocycles. The summed E-state index contributed by atoms with van der Waals surface area (Å²) in [6.45, 7) is 3.49. The van der Waals surface area contributed by atoms with E-state index in [9.17, 15) is 14.4 Å². The minimum atomic E-state index is -0.630. The predicted molar refractivity (Wildman–Crippen MR) is 93.9 cm³/mol. The SMILES string of the molecule is Cc1ccc(CC(=O)OCC(=O)NC(=O)Cc2ccccc2)cc1C. The van der Waals surface area contributed by atoms with Gasteiger partial charge < -0.3 is 4.74 Å². The van der Waals surface area contributed by atoms with Crippen molar-refractivity contribution in [2.45, 2.75) is 26.7 Å². The maximum atomic E-state index is 11.8. The van der Waals surface area contributed by atoms with Crippen molar-refractivity contribution in [1.82, 2.24) is 5.32 Å². The Hall–Kier alpha value is -2.95. The van der Waals surface area contributed by atoms with E-state index < -0.39 is 24.4 Å². The van der Waals surface area contributed by atoms with Crippen LogP contribution in [0.3, 0.4) is 0 Å². The summed E-state index contributed by atoms with van der Waals surface area (Å²) in [5, 5.41) is 2.21. The summed E-state index contributed by atoms with van der Waals surface area (Å²) in [5.74, 6) is -1.57. The second kappa shape index (κ2) is 8.78. The zero-order valence-electron chi connectivity index (χ0n) is 14.4. The topological polar surface area (TPSA) is 72.5 Å². The van der Waals surface area contributed by atoms with Gasteiger partial charge in [-0.3, -0.25) is 19.7 Å². The highest BCUT2D eigenvalue weighted by Crippen LogP contribution is 2.10. The van der Waals surface area contributed by atoms with Crippen molar-refractivity contribution in [3.8, 4) is 0 Å². The van der Waals surface area contributed by atoms with E-state index in [1.54, 1.807) is 12.1 Å². The highest BCUT2D eigenvalue weighted by molar-refractivity contribution is 5.97. The van der Waals surface area contributed by atoms with Crippen LogP contribution in [0.4, 0.5) is 0 Å². The zero-order valence-corrected chi connectivity index (χ0v) is 14.4. The van der Waals surface area contributed by atoms with E-state index in [4.69, 9.17) is 4.74 Å². The van der Waals surface area contributed by atoms with Gasteiger partial charge in [-0.05, 0) is 36.1 Å². The largest absolute Gasteiger partial charge is 0.455 e. The van der Waals surface area contributed by atoms with E-state index in [1.165, 1.54) is 0 Å². The van der Waals surface area contributed by atoms with E-state index in [1.807, 2.05) is 50.2 Å². The van der Waals surface area contributed by atoms with Crippen molar-refractivity contribution in [1.29, 1.82) is 0 Å². The lowest BCUT2D eigenvalue weighted by atomic mass is 10.0. The number of hydrogen-bond acceptors (Lipinski definition) is 4. The monoisotopic (exact) mass is 339 g/mol. The van der Waals surface area contributed by atoms with Crippen molar-refractivity contribution < 1.29 is 19.1 Å². The third kappa shape index (κ3) is 6.22. The molecule has 0 aliphatic rings. The molecule has 25 heavy (non-hydrogen) atoms. The molecular weight excluding hydrogens is 318 g/mol. The molecule has 0 aliphatic heterocycles. The zero-order chi connectivity index (χ0) is 18.2. The summed E-state index contributed by atoms with van der Waals surface area (Å²) in [7, 11) is 0. The Labute approximate surface area is 147 Å². The van der Waals surface area contributed by atoms with E-state index in [0.717, 1.165) is 22.3 Å². The van der Waals surface area contributed by atoms with Gasteiger partial charge in [0.05, 0.1) is 12.8 Å². The Morgan fingerprint density at radius 3 is 2.24 bits per heavy atom. The first-order chi connectivity index (χ1) is 11.9. The molecule has 0 atom stereocenters. The number of carbonyl (C=O) groups is 3. The number of esters is 1. The van der Waals surface area contributed by atoms with Gasteiger partial charge in [-0.15, -0.1) is 0 Å². The van der Waals surface area contributed by atoms with Crippen molar-refractivity contribution in [3.05, 3.63) is 70.8 Å². The van der Waals surface area contributed by atoms with Crippen LogP contribution in [0, 0.1) is 13.8 Å². The maximum Gasteiger partial charge on any atom is 0.310 e. The minimum absolute atomic E-state index is 0.0896. The highest BCUT2D eigenvalue weighted by atomic mass is 16.5. The molecule has 0 aromatic heterocycles. The van der Waals surface area contributed by atoms with E-state index in [2.05, 4.69) is 5.32 Å². The maximum absolute atomic E-state index is 11.8. The van der Waals surface area contributed by atoms with Crippen LogP contribution in [0.1, 0.15) is 22.3 Å². The number of benzene rings is 2. The number of ether oxygens (including phenoxy) is 1. The summed E-state index contributed by atoms with van der Waals surface area (Å²) in [5.41, 5.74) is 3.87. The third-order valence-electron chi connectivity index (χ3n) is 3.77. The molecule has 130 valence electrons. The molecule has 0 heterocycles. The number of imide groups is 1. The molecule has 2 aromatic carbocycles. The van der Waals surface area contributed by atoms with Gasteiger partial charge in [0, 0.05) is 0 Å². The normalized spacial score (nSPS) is 10.2. The van der Waals surface area contributed by atoms with Gasteiger partial charge in [0.1, 0.15) is 0 Å². The summed E-state index contributed by atoms with van der Waals surface area (Å²) in [6.07, 6.45) is 0.190. The van der Waals surface area contributed by atoms with Gasteiger partial charge in [-0.25, -0.2) is 0 Å². The fourth-order valence-electron chi connectivity index (χ4n) is 2.29. The number of aryl methyl sites for hydroxylation is 2. The lowest BCUT2D eigenvalue weighted by Crippen LogP contribution is -2.35. The summed E-state index contributed by atoms with van der Waals surface area (Å²) >= 11 is 0. The van der Waals surface area contributed by atoms with Gasteiger partial charge in [0.25, 0.3) is 5.91 Å². The molecule has 2 aromatic rings. The summed E-state index contributed by atoms with van der Waals surface area (Å²) in [4.78, 5) is 35.2. The first kappa shape index (κ1) is 18.4. The van der Waals surface area contributed by atoms with Crippen molar-refractivity contribution in [2.75, 3.05) is 6.61 Å². The molecule has 0 unspecified atom stereocenters. The van der Waals surface area contributed by atoms with Crippen LogP contribution < -0.4 is 5.32 Å². The smallest absolute Gasteiger partial charge is 0.310 e. The van der Waals surface area contributed by atoms with Gasteiger partial charge >= 0.3 is 5.97 Å². The van der Waals surface area contributed by atoms with Crippen LogP contribution in [0.5, 0.6) is 0 Å². The molecule has 2 amide bonds. The first-order valence-corrected chi connectivity index (χ1v) is 8.02. The molecular formula is C20H21NO4. The van der Waals surface area contributed by atoms with Crippen LogP contribution in [-0.4, -0.2) is 24.4 Å². The van der Waals surface area contributed by atoms with E-state index in [0.29, 0.717) is 0 Å². The molecule has 2 rings (SSSR count). The second-order valence-electron chi connectivity index (χ2n) is 5.89. The minimum Gasteiger partial charge on any atom is -0.455 e. The quantitative estimate of drug-likeness (QED) is 0.820. The molecule has 0 radical (unpaired) electrons. The average Bonchev–Trinajstić information content (AvgIpc) is 2.57. The van der Waals surface area contributed by atoms with E-state index in [-0.39, 0.29) is 12.8 Å². The highest BCUT2D eigenvalue weighted by Gasteiger charge is 2.12. The molecule has 0 saturated heterocycles. The summed E-state index contributed by atoms with van der Waals surface area (Å²) in [6, 6.07) is 14.8. The number of amides is 2. The Morgan fingerprint density at radius 1 is 0.840 bits per heavy atom. The van der Waals surface area contributed by atoms with E-state index >= 15 is 0 Å². The predicted octanol–water partition coefficient (Wildman–Crippen LogP) is 2.27. The molecule has 0 spiro atoms. The summed E-state index contributed by atoms with van der Waals surface area (Å²) < 4.78 is 4.93. The van der Waals surface area contributed by atoms with Crippen LogP contribution in [-0.2, 0) is 32.0 Å². The number of rotatable bonds is 6.